The summed E-state index contributed by atoms with van der Waals surface area (Å²) in [5, 5.41) is 8.85. The van der Waals surface area contributed by atoms with Crippen molar-refractivity contribution in [3.05, 3.63) is 82.5 Å². The zero-order valence-electron chi connectivity index (χ0n) is 16.2. The zero-order valence-corrected chi connectivity index (χ0v) is 17.0. The van der Waals surface area contributed by atoms with Gasteiger partial charge in [-0.25, -0.2) is 9.78 Å². The molecule has 6 heteroatoms. The summed E-state index contributed by atoms with van der Waals surface area (Å²) in [6.45, 7) is 2.52. The highest BCUT2D eigenvalue weighted by atomic mass is 32.1. The van der Waals surface area contributed by atoms with E-state index in [2.05, 4.69) is 10.3 Å². The Morgan fingerprint density at radius 2 is 1.87 bits per heavy atom. The van der Waals surface area contributed by atoms with Crippen LogP contribution in [-0.4, -0.2) is 11.6 Å². The Hall–Kier alpha value is -3.64. The van der Waals surface area contributed by atoms with Crippen molar-refractivity contribution < 1.29 is 9.15 Å². The van der Waals surface area contributed by atoms with Gasteiger partial charge < -0.3 is 14.5 Å². The van der Waals surface area contributed by atoms with E-state index in [0.29, 0.717) is 28.6 Å². The van der Waals surface area contributed by atoms with Crippen molar-refractivity contribution in [3.63, 3.8) is 0 Å². The van der Waals surface area contributed by atoms with Gasteiger partial charge in [0.05, 0.1) is 23.6 Å². The predicted octanol–water partition coefficient (Wildman–Crippen LogP) is 6.21. The first kappa shape index (κ1) is 18.4. The van der Waals surface area contributed by atoms with Crippen LogP contribution in [0.2, 0.25) is 0 Å². The first-order valence-corrected chi connectivity index (χ1v) is 10.5. The van der Waals surface area contributed by atoms with Crippen LogP contribution < -0.4 is 15.7 Å². The number of nitrogens with one attached hydrogen (secondary N) is 1. The third-order valence-electron chi connectivity index (χ3n) is 4.85. The Labute approximate surface area is 176 Å². The maximum absolute atomic E-state index is 12.6. The van der Waals surface area contributed by atoms with Crippen LogP contribution in [0.4, 0.5) is 10.8 Å². The van der Waals surface area contributed by atoms with Crippen LogP contribution in [0.25, 0.3) is 33.0 Å². The van der Waals surface area contributed by atoms with E-state index in [1.807, 2.05) is 79.0 Å². The number of hydrogen-bond donors (Lipinski definition) is 1. The van der Waals surface area contributed by atoms with Gasteiger partial charge in [-0.15, -0.1) is 11.3 Å². The van der Waals surface area contributed by atoms with Crippen molar-refractivity contribution in [3.8, 4) is 17.0 Å². The molecule has 1 N–H and O–H groups in total. The van der Waals surface area contributed by atoms with Gasteiger partial charge in [0, 0.05) is 10.8 Å². The highest BCUT2D eigenvalue weighted by Crippen LogP contribution is 2.32. The topological polar surface area (TPSA) is 64.4 Å². The van der Waals surface area contributed by atoms with Gasteiger partial charge >= 0.3 is 5.63 Å². The number of benzene rings is 3. The summed E-state index contributed by atoms with van der Waals surface area (Å²) in [6, 6.07) is 21.4. The molecule has 148 valence electrons. The van der Waals surface area contributed by atoms with Crippen LogP contribution in [0.5, 0.6) is 5.75 Å². The lowest BCUT2D eigenvalue weighted by molar-refractivity contribution is 0.342. The molecule has 0 amide bonds. The summed E-state index contributed by atoms with van der Waals surface area (Å²) in [5.41, 5.74) is 2.03. The van der Waals surface area contributed by atoms with Crippen LogP contribution >= 0.6 is 11.3 Å². The molecule has 0 bridgehead atoms. The van der Waals surface area contributed by atoms with E-state index < -0.39 is 5.63 Å². The van der Waals surface area contributed by atoms with Gasteiger partial charge in [0.25, 0.3) is 0 Å². The number of anilines is 2. The number of ether oxygens (including phenoxy) is 1. The van der Waals surface area contributed by atoms with Gasteiger partial charge in [-0.3, -0.25) is 0 Å². The number of aromatic nitrogens is 1. The molecule has 5 aromatic rings. The van der Waals surface area contributed by atoms with E-state index >= 15 is 0 Å². The second-order valence-corrected chi connectivity index (χ2v) is 7.60. The summed E-state index contributed by atoms with van der Waals surface area (Å²) in [5.74, 6) is 0.758. The van der Waals surface area contributed by atoms with Crippen molar-refractivity contribution in [1.29, 1.82) is 0 Å². The van der Waals surface area contributed by atoms with Crippen molar-refractivity contribution in [2.45, 2.75) is 6.92 Å². The SMILES string of the molecule is CCOc1ccccc1Nc1nc(-c2cc3c(ccc4ccccc43)oc2=O)cs1. The number of hydrogen-bond acceptors (Lipinski definition) is 6. The fraction of sp³-hybridized carbons (Fsp3) is 0.0833. The van der Waals surface area contributed by atoms with Gasteiger partial charge in [-0.1, -0.05) is 42.5 Å². The molecule has 5 rings (SSSR count). The quantitative estimate of drug-likeness (QED) is 0.273. The molecule has 0 radical (unpaired) electrons. The molecule has 0 aliphatic rings. The largest absolute Gasteiger partial charge is 0.492 e. The normalized spacial score (nSPS) is 11.1. The van der Waals surface area contributed by atoms with E-state index in [4.69, 9.17) is 9.15 Å². The summed E-state index contributed by atoms with van der Waals surface area (Å²) < 4.78 is 11.3. The molecule has 0 atom stereocenters. The molecule has 2 heterocycles. The van der Waals surface area contributed by atoms with Crippen LogP contribution in [0.15, 0.2) is 81.3 Å². The average Bonchev–Trinajstić information content (AvgIpc) is 3.23. The van der Waals surface area contributed by atoms with E-state index in [0.717, 1.165) is 27.6 Å². The smallest absolute Gasteiger partial charge is 0.345 e. The molecule has 0 saturated heterocycles. The van der Waals surface area contributed by atoms with Crippen molar-refractivity contribution >= 4 is 43.9 Å². The summed E-state index contributed by atoms with van der Waals surface area (Å²) in [4.78, 5) is 17.3. The maximum atomic E-state index is 12.6. The van der Waals surface area contributed by atoms with Crippen LogP contribution in [0.1, 0.15) is 6.92 Å². The minimum absolute atomic E-state index is 0.399. The molecular formula is C24H18N2O3S. The standard InChI is InChI=1S/C24H18N2O3S/c1-2-28-22-10-6-5-9-19(22)25-24-26-20(14-30-24)18-13-17-16-8-4-3-7-15(16)11-12-21(17)29-23(18)27/h3-14H,2H2,1H3,(H,25,26). The van der Waals surface area contributed by atoms with Crippen molar-refractivity contribution in [1.82, 2.24) is 4.98 Å². The molecular weight excluding hydrogens is 396 g/mol. The highest BCUT2D eigenvalue weighted by Gasteiger charge is 2.14. The minimum atomic E-state index is -0.399. The van der Waals surface area contributed by atoms with Gasteiger partial charge in [-0.05, 0) is 42.0 Å². The third-order valence-corrected chi connectivity index (χ3v) is 5.61. The number of nitrogens with zero attached hydrogens (tertiary/aromatic N) is 1. The van der Waals surface area contributed by atoms with Gasteiger partial charge in [0.2, 0.25) is 0 Å². The Morgan fingerprint density at radius 1 is 1.03 bits per heavy atom. The number of thiazole rings is 1. The second-order valence-electron chi connectivity index (χ2n) is 6.74. The molecule has 5 nitrogen and oxygen atoms in total. The number of fused-ring (bicyclic) bond motifs is 3. The maximum Gasteiger partial charge on any atom is 0.345 e. The summed E-state index contributed by atoms with van der Waals surface area (Å²) in [6.07, 6.45) is 0. The lowest BCUT2D eigenvalue weighted by Crippen LogP contribution is -2.03. The molecule has 0 saturated carbocycles. The molecule has 2 aromatic heterocycles. The van der Waals surface area contributed by atoms with E-state index in [1.165, 1.54) is 11.3 Å². The van der Waals surface area contributed by atoms with Crippen LogP contribution in [0.3, 0.4) is 0 Å². The molecule has 0 spiro atoms. The molecule has 0 unspecified atom stereocenters. The lowest BCUT2D eigenvalue weighted by Gasteiger charge is -2.09. The Bertz CT molecular complexity index is 1420. The molecule has 0 fully saturated rings. The van der Waals surface area contributed by atoms with Crippen LogP contribution in [0, 0.1) is 0 Å². The first-order chi connectivity index (χ1) is 14.7. The molecule has 3 aromatic carbocycles. The average molecular weight is 414 g/mol. The van der Waals surface area contributed by atoms with Crippen molar-refractivity contribution in [2.24, 2.45) is 0 Å². The lowest BCUT2D eigenvalue weighted by atomic mass is 10.0. The van der Waals surface area contributed by atoms with E-state index in [1.54, 1.807) is 0 Å². The molecule has 30 heavy (non-hydrogen) atoms. The predicted molar refractivity (Wildman–Crippen MR) is 122 cm³/mol. The van der Waals surface area contributed by atoms with Gasteiger partial charge in [-0.2, -0.15) is 0 Å². The molecule has 0 aliphatic heterocycles. The Kier molecular flexibility index (Phi) is 4.69. The van der Waals surface area contributed by atoms with E-state index in [9.17, 15) is 4.79 Å². The monoisotopic (exact) mass is 414 g/mol. The Balaban J connectivity index is 1.55. The van der Waals surface area contributed by atoms with Crippen LogP contribution in [-0.2, 0) is 0 Å². The van der Waals surface area contributed by atoms with Crippen molar-refractivity contribution in [2.75, 3.05) is 11.9 Å². The zero-order chi connectivity index (χ0) is 20.5. The first-order valence-electron chi connectivity index (χ1n) is 9.63. The highest BCUT2D eigenvalue weighted by molar-refractivity contribution is 7.14. The fourth-order valence-electron chi connectivity index (χ4n) is 3.47. The fourth-order valence-corrected chi connectivity index (χ4v) is 4.19. The summed E-state index contributed by atoms with van der Waals surface area (Å²) >= 11 is 1.43. The third kappa shape index (κ3) is 3.31. The number of para-hydroxylation sites is 2. The van der Waals surface area contributed by atoms with Gasteiger partial charge in [0.15, 0.2) is 5.13 Å². The molecule has 0 aliphatic carbocycles. The van der Waals surface area contributed by atoms with E-state index in [-0.39, 0.29) is 0 Å². The van der Waals surface area contributed by atoms with Gasteiger partial charge in [0.1, 0.15) is 11.3 Å². The Morgan fingerprint density at radius 3 is 2.77 bits per heavy atom. The minimum Gasteiger partial charge on any atom is -0.492 e. The second kappa shape index (κ2) is 7.65. The summed E-state index contributed by atoms with van der Waals surface area (Å²) in [7, 11) is 0. The number of rotatable bonds is 5.